The molecular formula is C11H13N3O4S. The van der Waals surface area contributed by atoms with Crippen LogP contribution in [0.15, 0.2) is 29.2 Å². The highest BCUT2D eigenvalue weighted by molar-refractivity contribution is 7.89. The van der Waals surface area contributed by atoms with Crippen molar-refractivity contribution in [2.75, 3.05) is 13.1 Å². The summed E-state index contributed by atoms with van der Waals surface area (Å²) in [5, 5.41) is 13.8. The van der Waals surface area contributed by atoms with E-state index < -0.39 is 14.9 Å². The number of piperidine rings is 1. The molecular weight excluding hydrogens is 270 g/mol. The molecule has 1 heterocycles. The van der Waals surface area contributed by atoms with Crippen molar-refractivity contribution < 1.29 is 13.3 Å². The van der Waals surface area contributed by atoms with E-state index in [1.807, 2.05) is 0 Å². The van der Waals surface area contributed by atoms with Gasteiger partial charge in [0.15, 0.2) is 0 Å². The van der Waals surface area contributed by atoms with Gasteiger partial charge in [-0.3, -0.25) is 10.1 Å². The number of hydrogen-bond acceptors (Lipinski definition) is 5. The molecule has 2 unspecified atom stereocenters. The summed E-state index contributed by atoms with van der Waals surface area (Å²) in [6.07, 6.45) is 0. The zero-order chi connectivity index (χ0) is 13.6. The number of rotatable bonds is 4. The Balaban J connectivity index is 1.80. The molecule has 8 heteroatoms. The molecule has 2 aliphatic rings. The minimum atomic E-state index is -3.68. The number of nitrogens with one attached hydrogen (secondary N) is 2. The third kappa shape index (κ3) is 2.22. The Kier molecular flexibility index (Phi) is 2.80. The Hall–Kier alpha value is -1.51. The van der Waals surface area contributed by atoms with E-state index in [0.717, 1.165) is 19.2 Å². The van der Waals surface area contributed by atoms with Crippen LogP contribution in [0.2, 0.25) is 0 Å². The molecule has 1 saturated heterocycles. The van der Waals surface area contributed by atoms with Gasteiger partial charge in [0, 0.05) is 18.2 Å². The maximum Gasteiger partial charge on any atom is 0.270 e. The molecule has 0 radical (unpaired) electrons. The lowest BCUT2D eigenvalue weighted by Gasteiger charge is -2.08. The first-order chi connectivity index (χ1) is 8.99. The van der Waals surface area contributed by atoms with Gasteiger partial charge in [-0.1, -0.05) is 6.07 Å². The molecule has 2 atom stereocenters. The Morgan fingerprint density at radius 1 is 1.32 bits per heavy atom. The molecule has 102 valence electrons. The minimum absolute atomic E-state index is 0.0366. The monoisotopic (exact) mass is 283 g/mol. The summed E-state index contributed by atoms with van der Waals surface area (Å²) in [7, 11) is -3.68. The van der Waals surface area contributed by atoms with Crippen LogP contribution >= 0.6 is 0 Å². The molecule has 0 amide bonds. The van der Waals surface area contributed by atoms with E-state index in [9.17, 15) is 18.5 Å². The molecule has 1 aromatic carbocycles. The van der Waals surface area contributed by atoms with Gasteiger partial charge in [-0.2, -0.15) is 0 Å². The normalized spacial score (nSPS) is 28.9. The Bertz CT molecular complexity index is 621. The summed E-state index contributed by atoms with van der Waals surface area (Å²) in [5.41, 5.74) is -0.222. The Labute approximate surface area is 110 Å². The van der Waals surface area contributed by atoms with Crippen LogP contribution in [0.3, 0.4) is 0 Å². The topological polar surface area (TPSA) is 101 Å². The largest absolute Gasteiger partial charge is 0.316 e. The smallest absolute Gasteiger partial charge is 0.270 e. The average Bonchev–Trinajstić information content (AvgIpc) is 2.82. The summed E-state index contributed by atoms with van der Waals surface area (Å²) in [5.74, 6) is 0.710. The predicted octanol–water partition coefficient (Wildman–Crippen LogP) is 0.0909. The van der Waals surface area contributed by atoms with E-state index >= 15 is 0 Å². The van der Waals surface area contributed by atoms with Crippen molar-refractivity contribution in [1.29, 1.82) is 0 Å². The second-order valence-electron chi connectivity index (χ2n) is 4.89. The van der Waals surface area contributed by atoms with Crippen LogP contribution in [0.5, 0.6) is 0 Å². The number of nitrogens with zero attached hydrogens (tertiary/aromatic N) is 1. The van der Waals surface area contributed by atoms with E-state index in [1.165, 1.54) is 18.2 Å². The van der Waals surface area contributed by atoms with Crippen molar-refractivity contribution in [3.05, 3.63) is 34.4 Å². The van der Waals surface area contributed by atoms with Gasteiger partial charge in [-0.05, 0) is 31.0 Å². The number of non-ortho nitro benzene ring substituents is 1. The molecule has 7 nitrogen and oxygen atoms in total. The lowest BCUT2D eigenvalue weighted by Crippen LogP contribution is -2.32. The first-order valence-electron chi connectivity index (χ1n) is 5.96. The van der Waals surface area contributed by atoms with Gasteiger partial charge >= 0.3 is 0 Å². The third-order valence-corrected chi connectivity index (χ3v) is 5.18. The number of sulfonamides is 1. The highest BCUT2D eigenvalue weighted by atomic mass is 32.2. The predicted molar refractivity (Wildman–Crippen MR) is 67.1 cm³/mol. The first-order valence-corrected chi connectivity index (χ1v) is 7.45. The highest BCUT2D eigenvalue weighted by Gasteiger charge is 2.54. The molecule has 2 N–H and O–H groups in total. The molecule has 1 aliphatic heterocycles. The molecule has 0 aromatic heterocycles. The van der Waals surface area contributed by atoms with E-state index in [1.54, 1.807) is 0 Å². The van der Waals surface area contributed by atoms with Gasteiger partial charge in [-0.15, -0.1) is 0 Å². The van der Waals surface area contributed by atoms with Crippen LogP contribution in [0, 0.1) is 22.0 Å². The standard InChI is InChI=1S/C11H13N3O4S/c15-14(16)7-2-1-3-8(4-7)19(17,18)13-11-9-5-12-6-10(9)11/h1-4,9-13H,5-6H2. The number of nitro benzene ring substituents is 1. The Morgan fingerprint density at radius 3 is 2.63 bits per heavy atom. The third-order valence-electron chi connectivity index (χ3n) is 3.72. The molecule has 1 aliphatic carbocycles. The van der Waals surface area contributed by atoms with Crippen LogP contribution in [-0.2, 0) is 10.0 Å². The number of hydrogen-bond donors (Lipinski definition) is 2. The number of benzene rings is 1. The molecule has 3 rings (SSSR count). The summed E-state index contributed by atoms with van der Waals surface area (Å²) in [4.78, 5) is 10.00. The van der Waals surface area contributed by atoms with Gasteiger partial charge in [0.05, 0.1) is 9.82 Å². The summed E-state index contributed by atoms with van der Waals surface area (Å²) >= 11 is 0. The minimum Gasteiger partial charge on any atom is -0.316 e. The molecule has 19 heavy (non-hydrogen) atoms. The van der Waals surface area contributed by atoms with Crippen LogP contribution in [0.1, 0.15) is 0 Å². The average molecular weight is 283 g/mol. The van der Waals surface area contributed by atoms with E-state index in [-0.39, 0.29) is 16.6 Å². The fraction of sp³-hybridized carbons (Fsp3) is 0.455. The van der Waals surface area contributed by atoms with Crippen molar-refractivity contribution in [2.24, 2.45) is 11.8 Å². The van der Waals surface area contributed by atoms with Crippen LogP contribution in [-0.4, -0.2) is 32.5 Å². The second-order valence-corrected chi connectivity index (χ2v) is 6.60. The molecule has 0 bridgehead atoms. The van der Waals surface area contributed by atoms with Crippen molar-refractivity contribution in [3.8, 4) is 0 Å². The van der Waals surface area contributed by atoms with Gasteiger partial charge < -0.3 is 5.32 Å². The maximum atomic E-state index is 12.1. The maximum absolute atomic E-state index is 12.1. The Morgan fingerprint density at radius 2 is 2.00 bits per heavy atom. The first kappa shape index (κ1) is 12.5. The molecule has 2 fully saturated rings. The summed E-state index contributed by atoms with van der Waals surface area (Å²) < 4.78 is 26.9. The lowest BCUT2D eigenvalue weighted by molar-refractivity contribution is -0.385. The number of nitro groups is 1. The second kappa shape index (κ2) is 4.26. The van der Waals surface area contributed by atoms with Crippen molar-refractivity contribution in [2.45, 2.75) is 10.9 Å². The SMILES string of the molecule is O=[N+]([O-])c1cccc(S(=O)(=O)NC2C3CNCC32)c1. The highest BCUT2D eigenvalue weighted by Crippen LogP contribution is 2.42. The lowest BCUT2D eigenvalue weighted by atomic mass is 10.3. The zero-order valence-corrected chi connectivity index (χ0v) is 10.8. The fourth-order valence-corrected chi connectivity index (χ4v) is 3.98. The quantitative estimate of drug-likeness (QED) is 0.602. The van der Waals surface area contributed by atoms with Crippen LogP contribution < -0.4 is 10.0 Å². The van der Waals surface area contributed by atoms with Gasteiger partial charge in [0.1, 0.15) is 0 Å². The van der Waals surface area contributed by atoms with Crippen molar-refractivity contribution in [1.82, 2.24) is 10.0 Å². The van der Waals surface area contributed by atoms with Crippen molar-refractivity contribution in [3.63, 3.8) is 0 Å². The fourth-order valence-electron chi connectivity index (χ4n) is 2.60. The van der Waals surface area contributed by atoms with Gasteiger partial charge in [-0.25, -0.2) is 13.1 Å². The summed E-state index contributed by atoms with van der Waals surface area (Å²) in [6, 6.07) is 5.06. The van der Waals surface area contributed by atoms with E-state index in [4.69, 9.17) is 0 Å². The van der Waals surface area contributed by atoms with Gasteiger partial charge in [0.2, 0.25) is 10.0 Å². The van der Waals surface area contributed by atoms with E-state index in [2.05, 4.69) is 10.0 Å². The van der Waals surface area contributed by atoms with Gasteiger partial charge in [0.25, 0.3) is 5.69 Å². The van der Waals surface area contributed by atoms with E-state index in [0.29, 0.717) is 11.8 Å². The van der Waals surface area contributed by atoms with Crippen LogP contribution in [0.25, 0.3) is 0 Å². The van der Waals surface area contributed by atoms with Crippen molar-refractivity contribution >= 4 is 15.7 Å². The molecule has 1 saturated carbocycles. The molecule has 0 spiro atoms. The zero-order valence-electron chi connectivity index (χ0n) is 9.94. The number of fused-ring (bicyclic) bond motifs is 1. The molecule has 1 aromatic rings. The van der Waals surface area contributed by atoms with Crippen LogP contribution in [0.4, 0.5) is 5.69 Å². The summed E-state index contributed by atoms with van der Waals surface area (Å²) in [6.45, 7) is 1.65.